The van der Waals surface area contributed by atoms with Crippen molar-refractivity contribution in [3.63, 3.8) is 0 Å². The summed E-state index contributed by atoms with van der Waals surface area (Å²) >= 11 is 0. The summed E-state index contributed by atoms with van der Waals surface area (Å²) < 4.78 is 0. The van der Waals surface area contributed by atoms with Crippen molar-refractivity contribution in [3.8, 4) is 17.2 Å². The summed E-state index contributed by atoms with van der Waals surface area (Å²) in [5.41, 5.74) is 4.28. The summed E-state index contributed by atoms with van der Waals surface area (Å²) in [5.74, 6) is -0.137. The van der Waals surface area contributed by atoms with Crippen LogP contribution in [-0.4, -0.2) is 15.9 Å². The number of carbonyl (C=O) groups is 1. The van der Waals surface area contributed by atoms with E-state index in [1.54, 1.807) is 12.3 Å². The lowest BCUT2D eigenvalue weighted by molar-refractivity contribution is 0.0936. The monoisotopic (exact) mass is 302 g/mol. The van der Waals surface area contributed by atoms with Gasteiger partial charge in [-0.1, -0.05) is 12.1 Å². The summed E-state index contributed by atoms with van der Waals surface area (Å²) in [6.45, 7) is 3.93. The molecule has 4 rings (SSSR count). The second-order valence-electron chi connectivity index (χ2n) is 6.24. The summed E-state index contributed by atoms with van der Waals surface area (Å²) in [7, 11) is 0. The van der Waals surface area contributed by atoms with Gasteiger partial charge in [-0.3, -0.25) is 9.78 Å². The van der Waals surface area contributed by atoms with E-state index in [0.717, 1.165) is 27.6 Å². The van der Waals surface area contributed by atoms with E-state index in [-0.39, 0.29) is 5.91 Å². The van der Waals surface area contributed by atoms with Crippen LogP contribution in [0.3, 0.4) is 0 Å². The average molecular weight is 302 g/mol. The number of hydrogen-bond donors (Lipinski definition) is 2. The van der Waals surface area contributed by atoms with E-state index < -0.39 is 5.54 Å². The molecule has 5 nitrogen and oxygen atoms in total. The fourth-order valence-electron chi connectivity index (χ4n) is 3.17. The highest BCUT2D eigenvalue weighted by Crippen LogP contribution is 2.35. The standard InChI is InChI=1S/C18H14N4O/c1-18(2)14-6-11(8-20-16(14)17(23)22-18)13-9-21-15-10(7-19)4-3-5-12(13)15/h3-6,8-9,21H,1-2H3,(H,22,23). The lowest BCUT2D eigenvalue weighted by atomic mass is 9.94. The molecule has 1 aromatic carbocycles. The predicted octanol–water partition coefficient (Wildman–Crippen LogP) is 3.08. The van der Waals surface area contributed by atoms with Crippen molar-refractivity contribution in [2.24, 2.45) is 0 Å². The normalized spacial score (nSPS) is 15.3. The van der Waals surface area contributed by atoms with Crippen LogP contribution in [0.15, 0.2) is 36.7 Å². The van der Waals surface area contributed by atoms with Gasteiger partial charge in [0.2, 0.25) is 0 Å². The molecule has 1 aliphatic heterocycles. The second-order valence-corrected chi connectivity index (χ2v) is 6.24. The Balaban J connectivity index is 1.94. The number of carbonyl (C=O) groups excluding carboxylic acids is 1. The van der Waals surface area contributed by atoms with E-state index >= 15 is 0 Å². The van der Waals surface area contributed by atoms with Gasteiger partial charge in [-0.15, -0.1) is 0 Å². The van der Waals surface area contributed by atoms with Crippen molar-refractivity contribution >= 4 is 16.8 Å². The number of amides is 1. The Labute approximate surface area is 133 Å². The summed E-state index contributed by atoms with van der Waals surface area (Å²) in [6.07, 6.45) is 3.59. The summed E-state index contributed by atoms with van der Waals surface area (Å²) in [6, 6.07) is 9.83. The Bertz CT molecular complexity index is 1010. The third-order valence-electron chi connectivity index (χ3n) is 4.35. The molecule has 3 heterocycles. The van der Waals surface area contributed by atoms with E-state index in [2.05, 4.69) is 21.4 Å². The highest BCUT2D eigenvalue weighted by molar-refractivity contribution is 6.01. The molecular weight excluding hydrogens is 288 g/mol. The van der Waals surface area contributed by atoms with E-state index in [0.29, 0.717) is 11.3 Å². The molecule has 2 N–H and O–H groups in total. The maximum Gasteiger partial charge on any atom is 0.270 e. The molecule has 2 aromatic heterocycles. The van der Waals surface area contributed by atoms with Gasteiger partial charge in [0.1, 0.15) is 11.8 Å². The minimum Gasteiger partial charge on any atom is -0.359 e. The second kappa shape index (κ2) is 4.43. The maximum absolute atomic E-state index is 12.0. The number of nitriles is 1. The van der Waals surface area contributed by atoms with Crippen molar-refractivity contribution in [1.82, 2.24) is 15.3 Å². The molecule has 0 saturated heterocycles. The van der Waals surface area contributed by atoms with Gasteiger partial charge in [0.15, 0.2) is 0 Å². The van der Waals surface area contributed by atoms with Gasteiger partial charge in [-0.05, 0) is 26.0 Å². The molecule has 3 aromatic rings. The van der Waals surface area contributed by atoms with E-state index in [4.69, 9.17) is 0 Å². The quantitative estimate of drug-likeness (QED) is 0.724. The van der Waals surface area contributed by atoms with E-state index in [1.165, 1.54) is 0 Å². The molecule has 0 saturated carbocycles. The fourth-order valence-corrected chi connectivity index (χ4v) is 3.17. The SMILES string of the molecule is CC1(C)NC(=O)c2ncc(-c3c[nH]c4c(C#N)cccc34)cc21. The molecule has 1 amide bonds. The van der Waals surface area contributed by atoms with Crippen molar-refractivity contribution in [1.29, 1.82) is 5.26 Å². The Hall–Kier alpha value is -3.13. The Kier molecular flexibility index (Phi) is 2.61. The van der Waals surface area contributed by atoms with Gasteiger partial charge in [-0.25, -0.2) is 0 Å². The molecule has 112 valence electrons. The molecule has 0 aliphatic carbocycles. The Morgan fingerprint density at radius 2 is 2.13 bits per heavy atom. The van der Waals surface area contributed by atoms with Crippen molar-refractivity contribution < 1.29 is 4.79 Å². The van der Waals surface area contributed by atoms with Crippen molar-refractivity contribution in [2.45, 2.75) is 19.4 Å². The summed E-state index contributed by atoms with van der Waals surface area (Å²) in [5, 5.41) is 13.1. The lowest BCUT2D eigenvalue weighted by Gasteiger charge is -2.19. The first-order chi connectivity index (χ1) is 11.0. The van der Waals surface area contributed by atoms with Crippen LogP contribution in [0.25, 0.3) is 22.0 Å². The lowest BCUT2D eigenvalue weighted by Crippen LogP contribution is -2.32. The van der Waals surface area contributed by atoms with Crippen LogP contribution in [0.4, 0.5) is 0 Å². The van der Waals surface area contributed by atoms with Crippen LogP contribution in [0, 0.1) is 11.3 Å². The summed E-state index contributed by atoms with van der Waals surface area (Å²) in [4.78, 5) is 19.5. The number of pyridine rings is 1. The Morgan fingerprint density at radius 3 is 2.91 bits per heavy atom. The zero-order chi connectivity index (χ0) is 16.2. The topological polar surface area (TPSA) is 81.6 Å². The zero-order valence-electron chi connectivity index (χ0n) is 12.8. The first-order valence-electron chi connectivity index (χ1n) is 7.35. The number of para-hydroxylation sites is 1. The predicted molar refractivity (Wildman–Crippen MR) is 86.7 cm³/mol. The highest BCUT2D eigenvalue weighted by Gasteiger charge is 2.36. The number of nitrogens with zero attached hydrogens (tertiary/aromatic N) is 2. The first kappa shape index (κ1) is 13.5. The number of benzene rings is 1. The molecule has 0 fully saturated rings. The van der Waals surface area contributed by atoms with Gasteiger partial charge >= 0.3 is 0 Å². The number of fused-ring (bicyclic) bond motifs is 2. The number of H-pyrrole nitrogens is 1. The van der Waals surface area contributed by atoms with Crippen molar-refractivity contribution in [2.75, 3.05) is 0 Å². The third kappa shape index (κ3) is 1.85. The molecule has 0 atom stereocenters. The number of rotatable bonds is 1. The van der Waals surface area contributed by atoms with Crippen LogP contribution < -0.4 is 5.32 Å². The van der Waals surface area contributed by atoms with Gasteiger partial charge in [0, 0.05) is 34.5 Å². The fraction of sp³-hybridized carbons (Fsp3) is 0.167. The van der Waals surface area contributed by atoms with E-state index in [1.807, 2.05) is 38.2 Å². The number of aromatic nitrogens is 2. The van der Waals surface area contributed by atoms with Gasteiger partial charge in [-0.2, -0.15) is 5.26 Å². The number of aromatic amines is 1. The molecule has 1 aliphatic rings. The number of nitrogens with one attached hydrogen (secondary N) is 2. The highest BCUT2D eigenvalue weighted by atomic mass is 16.2. The van der Waals surface area contributed by atoms with Gasteiger partial charge in [0.25, 0.3) is 5.91 Å². The van der Waals surface area contributed by atoms with Crippen LogP contribution in [0.2, 0.25) is 0 Å². The molecule has 0 bridgehead atoms. The molecule has 23 heavy (non-hydrogen) atoms. The molecule has 0 radical (unpaired) electrons. The molecular formula is C18H14N4O. The largest absolute Gasteiger partial charge is 0.359 e. The zero-order valence-corrected chi connectivity index (χ0v) is 12.8. The molecule has 5 heteroatoms. The van der Waals surface area contributed by atoms with Gasteiger partial charge < -0.3 is 10.3 Å². The third-order valence-corrected chi connectivity index (χ3v) is 4.35. The first-order valence-corrected chi connectivity index (χ1v) is 7.35. The van der Waals surface area contributed by atoms with Gasteiger partial charge in [0.05, 0.1) is 16.6 Å². The molecule has 0 unspecified atom stereocenters. The Morgan fingerprint density at radius 1 is 1.30 bits per heavy atom. The number of hydrogen-bond acceptors (Lipinski definition) is 3. The van der Waals surface area contributed by atoms with Crippen LogP contribution in [-0.2, 0) is 5.54 Å². The van der Waals surface area contributed by atoms with Crippen molar-refractivity contribution in [3.05, 3.63) is 53.5 Å². The minimum atomic E-state index is -0.431. The van der Waals surface area contributed by atoms with Crippen LogP contribution >= 0.6 is 0 Å². The minimum absolute atomic E-state index is 0.137. The maximum atomic E-state index is 12.0. The average Bonchev–Trinajstić information content (AvgIpc) is 3.06. The smallest absolute Gasteiger partial charge is 0.270 e. The van der Waals surface area contributed by atoms with Crippen LogP contribution in [0.1, 0.15) is 35.5 Å². The van der Waals surface area contributed by atoms with Crippen LogP contribution in [0.5, 0.6) is 0 Å². The molecule has 0 spiro atoms. The van der Waals surface area contributed by atoms with E-state index in [9.17, 15) is 10.1 Å².